The van der Waals surface area contributed by atoms with E-state index in [-0.39, 0.29) is 0 Å². The third kappa shape index (κ3) is 2.06. The molecule has 0 N–H and O–H groups in total. The maximum atomic E-state index is 4.68. The van der Waals surface area contributed by atoms with Crippen LogP contribution in [0, 0.1) is 6.92 Å². The summed E-state index contributed by atoms with van der Waals surface area (Å²) in [7, 11) is 0. The van der Waals surface area contributed by atoms with Crippen molar-refractivity contribution in [1.82, 2.24) is 0 Å². The van der Waals surface area contributed by atoms with Crippen molar-refractivity contribution in [2.45, 2.75) is 25.8 Å². The molecule has 0 saturated carbocycles. The third-order valence-electron chi connectivity index (χ3n) is 2.62. The number of rotatable bonds is 2. The molecule has 2 heteroatoms. The fourth-order valence-corrected chi connectivity index (χ4v) is 2.20. The molecule has 0 fully saturated rings. The van der Waals surface area contributed by atoms with E-state index < -0.39 is 0 Å². The van der Waals surface area contributed by atoms with Crippen molar-refractivity contribution in [3.63, 3.8) is 0 Å². The Morgan fingerprint density at radius 1 is 1.36 bits per heavy atom. The maximum absolute atomic E-state index is 4.68. The first-order valence-electron chi connectivity index (χ1n) is 4.99. The van der Waals surface area contributed by atoms with Gasteiger partial charge in [0.2, 0.25) is 0 Å². The molecule has 1 aliphatic heterocycles. The van der Waals surface area contributed by atoms with Crippen LogP contribution >= 0.6 is 15.9 Å². The van der Waals surface area contributed by atoms with Crippen molar-refractivity contribution in [2.24, 2.45) is 4.99 Å². The van der Waals surface area contributed by atoms with E-state index in [1.54, 1.807) is 0 Å². The number of halogens is 1. The quantitative estimate of drug-likeness (QED) is 0.716. The van der Waals surface area contributed by atoms with Crippen molar-refractivity contribution in [2.75, 3.05) is 5.33 Å². The standard InChI is InChI=1S/C12H14BrN/c1-9-2-4-10(5-3-9)12-7-6-11(8-13)14-12/h2-5,11H,6-8H2,1H3. The van der Waals surface area contributed by atoms with E-state index in [0.29, 0.717) is 6.04 Å². The zero-order valence-corrected chi connectivity index (χ0v) is 9.92. The van der Waals surface area contributed by atoms with Crippen molar-refractivity contribution in [3.05, 3.63) is 35.4 Å². The fourth-order valence-electron chi connectivity index (χ4n) is 1.73. The Balaban J connectivity index is 2.20. The van der Waals surface area contributed by atoms with Gasteiger partial charge in [-0.3, -0.25) is 4.99 Å². The summed E-state index contributed by atoms with van der Waals surface area (Å²) >= 11 is 3.48. The number of hydrogen-bond acceptors (Lipinski definition) is 1. The monoisotopic (exact) mass is 251 g/mol. The molecule has 0 spiro atoms. The lowest BCUT2D eigenvalue weighted by atomic mass is 10.1. The Morgan fingerprint density at radius 3 is 2.64 bits per heavy atom. The molecule has 0 aromatic heterocycles. The lowest BCUT2D eigenvalue weighted by molar-refractivity contribution is 0.753. The second kappa shape index (κ2) is 4.26. The summed E-state index contributed by atoms with van der Waals surface area (Å²) in [6, 6.07) is 9.14. The normalized spacial score (nSPS) is 21.0. The lowest BCUT2D eigenvalue weighted by Crippen LogP contribution is -1.98. The molecule has 0 saturated heterocycles. The van der Waals surface area contributed by atoms with Crippen LogP contribution < -0.4 is 0 Å². The van der Waals surface area contributed by atoms with E-state index in [9.17, 15) is 0 Å². The molecule has 74 valence electrons. The zero-order chi connectivity index (χ0) is 9.97. The number of alkyl halides is 1. The first-order chi connectivity index (χ1) is 6.79. The highest BCUT2D eigenvalue weighted by Crippen LogP contribution is 2.20. The van der Waals surface area contributed by atoms with Gasteiger partial charge in [0.1, 0.15) is 0 Å². The van der Waals surface area contributed by atoms with Gasteiger partial charge in [0.15, 0.2) is 0 Å². The predicted octanol–water partition coefficient (Wildman–Crippen LogP) is 3.34. The molecule has 2 rings (SSSR count). The Bertz CT molecular complexity index is 340. The summed E-state index contributed by atoms with van der Waals surface area (Å²) in [5.41, 5.74) is 3.87. The molecule has 1 unspecified atom stereocenters. The first-order valence-corrected chi connectivity index (χ1v) is 6.11. The average molecular weight is 252 g/mol. The number of benzene rings is 1. The summed E-state index contributed by atoms with van der Waals surface area (Å²) in [6.07, 6.45) is 2.31. The van der Waals surface area contributed by atoms with Gasteiger partial charge in [-0.05, 0) is 25.3 Å². The second-order valence-corrected chi connectivity index (χ2v) is 4.44. The van der Waals surface area contributed by atoms with Crippen molar-refractivity contribution >= 4 is 21.6 Å². The maximum Gasteiger partial charge on any atom is 0.0603 e. The molecule has 1 aromatic carbocycles. The Labute approximate surface area is 93.4 Å². The molecule has 0 aliphatic carbocycles. The Hall–Kier alpha value is -0.630. The van der Waals surface area contributed by atoms with E-state index in [1.807, 2.05) is 0 Å². The minimum absolute atomic E-state index is 0.492. The van der Waals surface area contributed by atoms with Crippen molar-refractivity contribution < 1.29 is 0 Å². The molecule has 1 aromatic rings. The van der Waals surface area contributed by atoms with E-state index in [1.165, 1.54) is 23.3 Å². The summed E-state index contributed by atoms with van der Waals surface area (Å²) in [6.45, 7) is 2.11. The van der Waals surface area contributed by atoms with E-state index in [2.05, 4.69) is 52.1 Å². The molecule has 14 heavy (non-hydrogen) atoms. The van der Waals surface area contributed by atoms with Gasteiger partial charge in [0.25, 0.3) is 0 Å². The Kier molecular flexibility index (Phi) is 3.02. The third-order valence-corrected chi connectivity index (χ3v) is 3.36. The van der Waals surface area contributed by atoms with Gasteiger partial charge in [-0.1, -0.05) is 45.8 Å². The van der Waals surface area contributed by atoms with Gasteiger partial charge < -0.3 is 0 Å². The van der Waals surface area contributed by atoms with Crippen LogP contribution in [0.1, 0.15) is 24.0 Å². The lowest BCUT2D eigenvalue weighted by Gasteiger charge is -2.00. The van der Waals surface area contributed by atoms with Gasteiger partial charge in [-0.2, -0.15) is 0 Å². The van der Waals surface area contributed by atoms with Crippen LogP contribution in [0.25, 0.3) is 0 Å². The number of hydrogen-bond donors (Lipinski definition) is 0. The van der Waals surface area contributed by atoms with Crippen LogP contribution in [0.4, 0.5) is 0 Å². The number of nitrogens with zero attached hydrogens (tertiary/aromatic N) is 1. The van der Waals surface area contributed by atoms with Crippen LogP contribution in [-0.4, -0.2) is 17.1 Å². The van der Waals surface area contributed by atoms with Crippen molar-refractivity contribution in [1.29, 1.82) is 0 Å². The summed E-state index contributed by atoms with van der Waals surface area (Å²) in [5.74, 6) is 0. The number of aliphatic imine (C=N–C) groups is 1. The van der Waals surface area contributed by atoms with Gasteiger partial charge >= 0.3 is 0 Å². The van der Waals surface area contributed by atoms with Crippen LogP contribution in [-0.2, 0) is 0 Å². The predicted molar refractivity (Wildman–Crippen MR) is 64.5 cm³/mol. The van der Waals surface area contributed by atoms with E-state index in [4.69, 9.17) is 0 Å². The topological polar surface area (TPSA) is 12.4 Å². The molecule has 1 atom stereocenters. The van der Waals surface area contributed by atoms with Crippen LogP contribution in [0.2, 0.25) is 0 Å². The van der Waals surface area contributed by atoms with Gasteiger partial charge in [0.05, 0.1) is 6.04 Å². The van der Waals surface area contributed by atoms with E-state index >= 15 is 0 Å². The molecular formula is C12H14BrN. The van der Waals surface area contributed by atoms with Crippen LogP contribution in [0.3, 0.4) is 0 Å². The minimum atomic E-state index is 0.492. The minimum Gasteiger partial charge on any atom is -0.285 e. The average Bonchev–Trinajstić information content (AvgIpc) is 2.67. The highest BCUT2D eigenvalue weighted by atomic mass is 79.9. The SMILES string of the molecule is Cc1ccc(C2=NC(CBr)CC2)cc1. The summed E-state index contributed by atoms with van der Waals surface area (Å²) < 4.78 is 0. The van der Waals surface area contributed by atoms with Gasteiger partial charge in [-0.25, -0.2) is 0 Å². The largest absolute Gasteiger partial charge is 0.285 e. The molecule has 0 radical (unpaired) electrons. The molecule has 0 amide bonds. The molecule has 1 heterocycles. The highest BCUT2D eigenvalue weighted by Gasteiger charge is 2.16. The molecule has 0 bridgehead atoms. The first kappa shape index (κ1) is 9.91. The van der Waals surface area contributed by atoms with Crippen LogP contribution in [0.5, 0.6) is 0 Å². The van der Waals surface area contributed by atoms with Gasteiger partial charge in [0, 0.05) is 11.0 Å². The zero-order valence-electron chi connectivity index (χ0n) is 8.33. The molecule has 1 aliphatic rings. The summed E-state index contributed by atoms with van der Waals surface area (Å²) in [5, 5.41) is 0.988. The number of aryl methyl sites for hydroxylation is 1. The van der Waals surface area contributed by atoms with Crippen molar-refractivity contribution in [3.8, 4) is 0 Å². The van der Waals surface area contributed by atoms with E-state index in [0.717, 1.165) is 11.8 Å². The highest BCUT2D eigenvalue weighted by molar-refractivity contribution is 9.09. The molecule has 1 nitrogen and oxygen atoms in total. The van der Waals surface area contributed by atoms with Gasteiger partial charge in [-0.15, -0.1) is 0 Å². The van der Waals surface area contributed by atoms with Crippen LogP contribution in [0.15, 0.2) is 29.3 Å². The second-order valence-electron chi connectivity index (χ2n) is 3.79. The Morgan fingerprint density at radius 2 is 2.07 bits per heavy atom. The smallest absolute Gasteiger partial charge is 0.0603 e. The summed E-state index contributed by atoms with van der Waals surface area (Å²) in [4.78, 5) is 4.68. The molecular weight excluding hydrogens is 238 g/mol. The fraction of sp³-hybridized carbons (Fsp3) is 0.417.